The van der Waals surface area contributed by atoms with Crippen molar-refractivity contribution < 1.29 is 23.9 Å². The predicted molar refractivity (Wildman–Crippen MR) is 91.2 cm³/mol. The lowest BCUT2D eigenvalue weighted by molar-refractivity contribution is -0.145. The van der Waals surface area contributed by atoms with Gasteiger partial charge >= 0.3 is 5.97 Å². The first-order chi connectivity index (χ1) is 12.5. The van der Waals surface area contributed by atoms with Gasteiger partial charge in [-0.25, -0.2) is 0 Å². The number of para-hydroxylation sites is 1. The van der Waals surface area contributed by atoms with Gasteiger partial charge in [0.1, 0.15) is 17.8 Å². The van der Waals surface area contributed by atoms with Crippen molar-refractivity contribution in [1.82, 2.24) is 10.2 Å². The maximum Gasteiger partial charge on any atom is 0.308 e. The fourth-order valence-corrected chi connectivity index (χ4v) is 2.88. The highest BCUT2D eigenvalue weighted by molar-refractivity contribution is 6.00. The molecule has 0 spiro atoms. The molecule has 138 valence electrons. The number of nitriles is 1. The van der Waals surface area contributed by atoms with Crippen LogP contribution in [0.15, 0.2) is 24.3 Å². The summed E-state index contributed by atoms with van der Waals surface area (Å²) in [6, 6.07) is 6.97. The molecule has 1 unspecified atom stereocenters. The summed E-state index contributed by atoms with van der Waals surface area (Å²) >= 11 is 0. The van der Waals surface area contributed by atoms with Gasteiger partial charge in [-0.1, -0.05) is 12.1 Å². The van der Waals surface area contributed by atoms with E-state index >= 15 is 0 Å². The fourth-order valence-electron chi connectivity index (χ4n) is 2.88. The summed E-state index contributed by atoms with van der Waals surface area (Å²) < 4.78 is 9.78. The molecule has 0 aliphatic carbocycles. The number of hydrogen-bond donors (Lipinski definition) is 1. The number of methoxy groups -OCH3 is 2. The summed E-state index contributed by atoms with van der Waals surface area (Å²) in [4.78, 5) is 38.5. The lowest BCUT2D eigenvalue weighted by Crippen LogP contribution is -2.50. The molecule has 2 amide bonds. The molecule has 0 radical (unpaired) electrons. The van der Waals surface area contributed by atoms with Crippen LogP contribution in [0.4, 0.5) is 0 Å². The zero-order valence-electron chi connectivity index (χ0n) is 14.7. The van der Waals surface area contributed by atoms with Gasteiger partial charge in [-0.05, 0) is 25.0 Å². The Labute approximate surface area is 151 Å². The molecule has 1 aromatic rings. The average molecular weight is 359 g/mol. The van der Waals surface area contributed by atoms with Gasteiger partial charge in [-0.2, -0.15) is 5.26 Å². The maximum absolute atomic E-state index is 12.8. The van der Waals surface area contributed by atoms with Gasteiger partial charge in [-0.3, -0.25) is 14.4 Å². The standard InChI is InChI=1S/C18H21N3O5/c1-25-15-8-4-3-7-13(15)17(23)20-14(10-16(22)26-2)18(24)21-9-5-6-12(21)11-19/h3-4,7-8,12,14H,5-6,9-10H2,1-2H3,(H,20,23)/t12?,14-/m0/s1. The van der Waals surface area contributed by atoms with Gasteiger partial charge in [0.2, 0.25) is 5.91 Å². The van der Waals surface area contributed by atoms with E-state index in [0.29, 0.717) is 25.1 Å². The van der Waals surface area contributed by atoms with Crippen LogP contribution < -0.4 is 10.1 Å². The van der Waals surface area contributed by atoms with Gasteiger partial charge < -0.3 is 19.7 Å². The van der Waals surface area contributed by atoms with E-state index in [-0.39, 0.29) is 12.0 Å². The molecule has 2 rings (SSSR count). The van der Waals surface area contributed by atoms with E-state index in [9.17, 15) is 19.6 Å². The Kier molecular flexibility index (Phi) is 6.55. The Morgan fingerprint density at radius 3 is 2.73 bits per heavy atom. The first-order valence-corrected chi connectivity index (χ1v) is 8.22. The van der Waals surface area contributed by atoms with Gasteiger partial charge in [0, 0.05) is 6.54 Å². The summed E-state index contributed by atoms with van der Waals surface area (Å²) in [6.07, 6.45) is 0.966. The number of esters is 1. The van der Waals surface area contributed by atoms with Gasteiger partial charge in [0.05, 0.1) is 32.3 Å². The minimum Gasteiger partial charge on any atom is -0.496 e. The molecule has 8 heteroatoms. The van der Waals surface area contributed by atoms with E-state index in [4.69, 9.17) is 4.74 Å². The van der Waals surface area contributed by atoms with Crippen molar-refractivity contribution in [3.63, 3.8) is 0 Å². The van der Waals surface area contributed by atoms with Crippen LogP contribution in [-0.2, 0) is 14.3 Å². The van der Waals surface area contributed by atoms with Gasteiger partial charge in [0.25, 0.3) is 5.91 Å². The Bertz CT molecular complexity index is 728. The zero-order valence-corrected chi connectivity index (χ0v) is 14.7. The third kappa shape index (κ3) is 4.30. The number of likely N-dealkylation sites (tertiary alicyclic amines) is 1. The van der Waals surface area contributed by atoms with Crippen LogP contribution in [0.25, 0.3) is 0 Å². The summed E-state index contributed by atoms with van der Waals surface area (Å²) in [6.45, 7) is 0.416. The predicted octanol–water partition coefficient (Wildman–Crippen LogP) is 0.871. The molecule has 26 heavy (non-hydrogen) atoms. The number of hydrogen-bond acceptors (Lipinski definition) is 6. The van der Waals surface area contributed by atoms with E-state index in [0.717, 1.165) is 0 Å². The minimum atomic E-state index is -1.12. The van der Waals surface area contributed by atoms with E-state index in [1.54, 1.807) is 24.3 Å². The van der Waals surface area contributed by atoms with E-state index in [1.807, 2.05) is 0 Å². The van der Waals surface area contributed by atoms with E-state index in [2.05, 4.69) is 16.1 Å². The van der Waals surface area contributed by atoms with Crippen molar-refractivity contribution in [2.45, 2.75) is 31.3 Å². The van der Waals surface area contributed by atoms with Crippen LogP contribution in [0.5, 0.6) is 5.75 Å². The van der Waals surface area contributed by atoms with Crippen LogP contribution in [0, 0.1) is 11.3 Å². The normalized spacial score (nSPS) is 17.1. The molecule has 1 N–H and O–H groups in total. The van der Waals surface area contributed by atoms with Crippen LogP contribution in [0.3, 0.4) is 0 Å². The number of nitrogens with zero attached hydrogens (tertiary/aromatic N) is 2. The number of nitrogens with one attached hydrogen (secondary N) is 1. The van der Waals surface area contributed by atoms with Gasteiger partial charge in [-0.15, -0.1) is 0 Å². The quantitative estimate of drug-likeness (QED) is 0.755. The van der Waals surface area contributed by atoms with Crippen molar-refractivity contribution in [1.29, 1.82) is 5.26 Å². The molecule has 0 aromatic heterocycles. The van der Waals surface area contributed by atoms with Gasteiger partial charge in [0.15, 0.2) is 0 Å². The largest absolute Gasteiger partial charge is 0.496 e. The van der Waals surface area contributed by atoms with E-state index in [1.165, 1.54) is 19.1 Å². The average Bonchev–Trinajstić information content (AvgIpc) is 3.15. The molecule has 1 saturated heterocycles. The highest BCUT2D eigenvalue weighted by Crippen LogP contribution is 2.20. The molecular formula is C18H21N3O5. The lowest BCUT2D eigenvalue weighted by Gasteiger charge is -2.26. The van der Waals surface area contributed by atoms with E-state index < -0.39 is 29.9 Å². The monoisotopic (exact) mass is 359 g/mol. The molecule has 1 aliphatic rings. The molecule has 2 atom stereocenters. The summed E-state index contributed by atoms with van der Waals surface area (Å²) in [7, 11) is 2.64. The smallest absolute Gasteiger partial charge is 0.308 e. The number of amides is 2. The van der Waals surface area contributed by atoms with Crippen molar-refractivity contribution in [2.24, 2.45) is 0 Å². The maximum atomic E-state index is 12.8. The number of carbonyl (C=O) groups excluding carboxylic acids is 3. The Morgan fingerprint density at radius 2 is 2.08 bits per heavy atom. The second-order valence-corrected chi connectivity index (χ2v) is 5.83. The Hall–Kier alpha value is -3.08. The van der Waals surface area contributed by atoms with Crippen LogP contribution in [0.1, 0.15) is 29.6 Å². The first kappa shape index (κ1) is 19.2. The lowest BCUT2D eigenvalue weighted by atomic mass is 10.1. The molecule has 1 heterocycles. The third-order valence-electron chi connectivity index (χ3n) is 4.24. The number of carbonyl (C=O) groups is 3. The van der Waals surface area contributed by atoms with Crippen LogP contribution in [0.2, 0.25) is 0 Å². The first-order valence-electron chi connectivity index (χ1n) is 8.22. The number of ether oxygens (including phenoxy) is 2. The fraction of sp³-hybridized carbons (Fsp3) is 0.444. The Morgan fingerprint density at radius 1 is 1.35 bits per heavy atom. The summed E-state index contributed by atoms with van der Waals surface area (Å²) in [5, 5.41) is 11.8. The van der Waals surface area contributed by atoms with Crippen LogP contribution >= 0.6 is 0 Å². The zero-order chi connectivity index (χ0) is 19.1. The molecule has 8 nitrogen and oxygen atoms in total. The minimum absolute atomic E-state index is 0.246. The van der Waals surface area contributed by atoms with Crippen molar-refractivity contribution in [3.05, 3.63) is 29.8 Å². The molecule has 1 aromatic carbocycles. The van der Waals surface area contributed by atoms with Crippen molar-refractivity contribution in [3.8, 4) is 11.8 Å². The van der Waals surface area contributed by atoms with Crippen molar-refractivity contribution >= 4 is 17.8 Å². The highest BCUT2D eigenvalue weighted by Gasteiger charge is 2.35. The van der Waals surface area contributed by atoms with Crippen LogP contribution in [-0.4, -0.2) is 55.5 Å². The Balaban J connectivity index is 2.21. The highest BCUT2D eigenvalue weighted by atomic mass is 16.5. The molecule has 1 aliphatic heterocycles. The third-order valence-corrected chi connectivity index (χ3v) is 4.24. The molecule has 0 saturated carbocycles. The topological polar surface area (TPSA) is 109 Å². The second kappa shape index (κ2) is 8.85. The van der Waals surface area contributed by atoms with Crippen molar-refractivity contribution in [2.75, 3.05) is 20.8 Å². The summed E-state index contributed by atoms with van der Waals surface area (Å²) in [5.74, 6) is -1.29. The number of benzene rings is 1. The SMILES string of the molecule is COC(=O)C[C@H](NC(=O)c1ccccc1OC)C(=O)N1CCCC1C#N. The second-order valence-electron chi connectivity index (χ2n) is 5.83. The molecule has 1 fully saturated rings. The molecular weight excluding hydrogens is 338 g/mol. The number of rotatable bonds is 6. The summed E-state index contributed by atoms with van der Waals surface area (Å²) in [5.41, 5.74) is 0.246. The molecule has 0 bridgehead atoms.